The summed E-state index contributed by atoms with van der Waals surface area (Å²) < 4.78 is 40.2. The van der Waals surface area contributed by atoms with Crippen LogP contribution < -0.4 is 0 Å². The molecule has 2 N–H and O–H groups in total. The first kappa shape index (κ1) is 23.3. The molecule has 9 atom stereocenters. The molecule has 30 heavy (non-hydrogen) atoms. The molecule has 0 heterocycles. The lowest BCUT2D eigenvalue weighted by atomic mass is 9.44. The van der Waals surface area contributed by atoms with Gasteiger partial charge in [0.25, 0.3) is 0 Å². The molecule has 0 aromatic heterocycles. The van der Waals surface area contributed by atoms with Crippen LogP contribution in [-0.4, -0.2) is 36.9 Å². The number of aliphatic hydroxyl groups is 1. The van der Waals surface area contributed by atoms with E-state index in [0.29, 0.717) is 36.0 Å². The molecular formula is C22H38O6S2. The van der Waals surface area contributed by atoms with Crippen molar-refractivity contribution in [2.24, 2.45) is 40.4 Å². The van der Waals surface area contributed by atoms with Gasteiger partial charge in [0, 0.05) is 0 Å². The van der Waals surface area contributed by atoms with Crippen molar-refractivity contribution >= 4 is 23.3 Å². The van der Waals surface area contributed by atoms with Gasteiger partial charge in [-0.2, -0.15) is 8.42 Å². The molecule has 4 aliphatic carbocycles. The maximum absolute atomic E-state index is 11.3. The van der Waals surface area contributed by atoms with Crippen LogP contribution in [0.3, 0.4) is 0 Å². The minimum absolute atomic E-state index is 0.0406. The Hall–Kier alpha value is 0.140. The Morgan fingerprint density at radius 2 is 1.73 bits per heavy atom. The predicted molar refractivity (Wildman–Crippen MR) is 117 cm³/mol. The van der Waals surface area contributed by atoms with E-state index in [9.17, 15) is 13.5 Å². The SMILES string of the molecule is C[C@]12CCC3C(C1CC[C@@H]2CCCOS(=O)(=O)O)[C@@H](O)C[C@@H]1C[C@H](OS)CC[C@]31C. The van der Waals surface area contributed by atoms with Gasteiger partial charge in [0.1, 0.15) is 0 Å². The summed E-state index contributed by atoms with van der Waals surface area (Å²) in [5.41, 5.74) is 0.490. The monoisotopic (exact) mass is 462 g/mol. The molecule has 0 amide bonds. The van der Waals surface area contributed by atoms with Crippen molar-refractivity contribution in [1.82, 2.24) is 0 Å². The van der Waals surface area contributed by atoms with Crippen molar-refractivity contribution in [3.05, 3.63) is 0 Å². The minimum Gasteiger partial charge on any atom is -0.393 e. The van der Waals surface area contributed by atoms with Gasteiger partial charge in [0.05, 0.1) is 18.8 Å². The molecule has 8 heteroatoms. The van der Waals surface area contributed by atoms with Gasteiger partial charge in [0.2, 0.25) is 0 Å². The first-order chi connectivity index (χ1) is 14.1. The van der Waals surface area contributed by atoms with Crippen molar-refractivity contribution in [3.8, 4) is 0 Å². The number of rotatable bonds is 6. The number of hydrogen-bond acceptors (Lipinski definition) is 6. The molecule has 4 saturated carbocycles. The summed E-state index contributed by atoms with van der Waals surface area (Å²) in [4.78, 5) is 0. The third kappa shape index (κ3) is 4.10. The van der Waals surface area contributed by atoms with E-state index >= 15 is 0 Å². The Balaban J connectivity index is 1.46. The van der Waals surface area contributed by atoms with E-state index in [1.807, 2.05) is 0 Å². The largest absolute Gasteiger partial charge is 0.397 e. The second kappa shape index (κ2) is 8.49. The Labute approximate surface area is 187 Å². The zero-order valence-corrected chi connectivity index (χ0v) is 19.9. The fourth-order valence-corrected chi connectivity index (χ4v) is 8.88. The van der Waals surface area contributed by atoms with Crippen LogP contribution in [-0.2, 0) is 18.8 Å². The second-order valence-corrected chi connectivity index (χ2v) is 12.3. The highest BCUT2D eigenvalue weighted by Crippen LogP contribution is 2.68. The fraction of sp³-hybridized carbons (Fsp3) is 1.00. The first-order valence-corrected chi connectivity index (χ1v) is 13.4. The smallest absolute Gasteiger partial charge is 0.393 e. The summed E-state index contributed by atoms with van der Waals surface area (Å²) >= 11 is 4.06. The second-order valence-electron chi connectivity index (χ2n) is 11.0. The average molecular weight is 463 g/mol. The van der Waals surface area contributed by atoms with Crippen LogP contribution in [0.15, 0.2) is 0 Å². The Morgan fingerprint density at radius 3 is 2.43 bits per heavy atom. The third-order valence-corrected chi connectivity index (χ3v) is 10.7. The van der Waals surface area contributed by atoms with Crippen LogP contribution in [0.1, 0.15) is 78.1 Å². The van der Waals surface area contributed by atoms with Gasteiger partial charge >= 0.3 is 10.4 Å². The van der Waals surface area contributed by atoms with Crippen LogP contribution in [0.2, 0.25) is 0 Å². The Morgan fingerprint density at radius 1 is 1.03 bits per heavy atom. The number of hydrogen-bond donors (Lipinski definition) is 3. The van der Waals surface area contributed by atoms with E-state index in [1.54, 1.807) is 0 Å². The van der Waals surface area contributed by atoms with E-state index in [-0.39, 0.29) is 29.6 Å². The highest BCUT2D eigenvalue weighted by Gasteiger charge is 2.62. The molecule has 0 spiro atoms. The van der Waals surface area contributed by atoms with Gasteiger partial charge in [-0.3, -0.25) is 4.55 Å². The third-order valence-electron chi connectivity index (χ3n) is 9.91. The summed E-state index contributed by atoms with van der Waals surface area (Å²) in [5.74, 6) is 2.53. The van der Waals surface area contributed by atoms with Gasteiger partial charge in [-0.15, -0.1) is 0 Å². The van der Waals surface area contributed by atoms with E-state index in [4.69, 9.17) is 8.74 Å². The first-order valence-electron chi connectivity index (χ1n) is 11.7. The zero-order chi connectivity index (χ0) is 21.7. The summed E-state index contributed by atoms with van der Waals surface area (Å²) in [6, 6.07) is 0. The lowest BCUT2D eigenvalue weighted by molar-refractivity contribution is -0.170. The van der Waals surface area contributed by atoms with Crippen LogP contribution >= 0.6 is 12.9 Å². The van der Waals surface area contributed by atoms with E-state index in [0.717, 1.165) is 44.9 Å². The number of fused-ring (bicyclic) bond motifs is 5. The quantitative estimate of drug-likeness (QED) is 0.234. The van der Waals surface area contributed by atoms with Crippen LogP contribution in [0.5, 0.6) is 0 Å². The fourth-order valence-electron chi connectivity index (χ4n) is 8.36. The lowest BCUT2D eigenvalue weighted by Gasteiger charge is -2.62. The molecule has 4 rings (SSSR count). The molecule has 3 unspecified atom stereocenters. The van der Waals surface area contributed by atoms with Gasteiger partial charge in [-0.1, -0.05) is 13.8 Å². The number of aliphatic hydroxyl groups excluding tert-OH is 1. The summed E-state index contributed by atoms with van der Waals surface area (Å²) in [5, 5.41) is 11.3. The molecule has 0 aliphatic heterocycles. The molecule has 0 aromatic carbocycles. The molecule has 0 radical (unpaired) electrons. The van der Waals surface area contributed by atoms with Crippen molar-refractivity contribution in [3.63, 3.8) is 0 Å². The highest BCUT2D eigenvalue weighted by molar-refractivity contribution is 7.80. The van der Waals surface area contributed by atoms with Crippen molar-refractivity contribution in [1.29, 1.82) is 0 Å². The van der Waals surface area contributed by atoms with Crippen LogP contribution in [0.4, 0.5) is 0 Å². The summed E-state index contributed by atoms with van der Waals surface area (Å²) in [6.07, 6.45) is 10.3. The number of thiol groups is 1. The summed E-state index contributed by atoms with van der Waals surface area (Å²) in [7, 11) is -4.35. The molecule has 6 nitrogen and oxygen atoms in total. The lowest BCUT2D eigenvalue weighted by Crippen LogP contribution is -2.58. The van der Waals surface area contributed by atoms with Gasteiger partial charge in [-0.25, -0.2) is 4.18 Å². The van der Waals surface area contributed by atoms with E-state index in [1.165, 1.54) is 12.8 Å². The maximum atomic E-state index is 11.3. The van der Waals surface area contributed by atoms with Crippen LogP contribution in [0.25, 0.3) is 0 Å². The van der Waals surface area contributed by atoms with Crippen molar-refractivity contribution < 1.29 is 26.4 Å². The van der Waals surface area contributed by atoms with Crippen molar-refractivity contribution in [2.45, 2.75) is 90.3 Å². The molecule has 0 bridgehead atoms. The average Bonchev–Trinajstić information content (AvgIpc) is 3.01. The molecule has 0 saturated heterocycles. The zero-order valence-electron chi connectivity index (χ0n) is 18.2. The van der Waals surface area contributed by atoms with Crippen LogP contribution in [0, 0.1) is 40.4 Å². The Kier molecular flexibility index (Phi) is 6.59. The topological polar surface area (TPSA) is 93.1 Å². The van der Waals surface area contributed by atoms with Crippen molar-refractivity contribution in [2.75, 3.05) is 6.61 Å². The minimum atomic E-state index is -4.35. The molecule has 4 aliphatic rings. The predicted octanol–water partition coefficient (Wildman–Crippen LogP) is 4.45. The van der Waals surface area contributed by atoms with Gasteiger partial charge in [0.15, 0.2) is 0 Å². The molecule has 174 valence electrons. The maximum Gasteiger partial charge on any atom is 0.397 e. The Bertz CT molecular complexity index is 729. The van der Waals surface area contributed by atoms with Gasteiger partial charge < -0.3 is 9.29 Å². The molecule has 4 fully saturated rings. The highest BCUT2D eigenvalue weighted by atomic mass is 32.3. The van der Waals surface area contributed by atoms with E-state index in [2.05, 4.69) is 30.9 Å². The normalized spacial score (nSPS) is 48.6. The van der Waals surface area contributed by atoms with Gasteiger partial charge in [-0.05, 0) is 118 Å². The van der Waals surface area contributed by atoms with E-state index < -0.39 is 10.4 Å². The molecule has 0 aromatic rings. The molecular weight excluding hydrogens is 424 g/mol. The summed E-state index contributed by atoms with van der Waals surface area (Å²) in [6.45, 7) is 4.92. The standard InChI is InChI=1S/C22H38O6S2/c1-21-10-8-18-20(17(21)6-5-14(21)4-3-11-27-30(24,25)26)19(23)13-15-12-16(28-29)7-9-22(15,18)2/h14-20,23,29H,3-13H2,1-2H3,(H,24,25,26)/t14-,15-,16+,17?,18?,19-,20?,21+,22-/m0/s1.